The standard InChI is InChI=1S/C11H17NO2.ClH/c1-4-9(12)8-6-5-7-10(13-2)11(8)14-3;/h5-7,9H,4,12H2,1-3H3;1H. The van der Waals surface area contributed by atoms with Crippen LogP contribution in [0.1, 0.15) is 24.9 Å². The first-order valence-corrected chi connectivity index (χ1v) is 4.71. The summed E-state index contributed by atoms with van der Waals surface area (Å²) >= 11 is 0. The van der Waals surface area contributed by atoms with E-state index < -0.39 is 0 Å². The molecule has 0 radical (unpaired) electrons. The van der Waals surface area contributed by atoms with Crippen LogP contribution in [0.25, 0.3) is 0 Å². The van der Waals surface area contributed by atoms with Crippen LogP contribution in [0, 0.1) is 0 Å². The summed E-state index contributed by atoms with van der Waals surface area (Å²) in [5.41, 5.74) is 6.95. The van der Waals surface area contributed by atoms with Gasteiger partial charge in [0.05, 0.1) is 14.2 Å². The van der Waals surface area contributed by atoms with Crippen molar-refractivity contribution in [2.45, 2.75) is 19.4 Å². The Morgan fingerprint density at radius 2 is 1.93 bits per heavy atom. The Morgan fingerprint density at radius 3 is 2.40 bits per heavy atom. The van der Waals surface area contributed by atoms with Gasteiger partial charge in [0.2, 0.25) is 0 Å². The second-order valence-electron chi connectivity index (χ2n) is 3.10. The minimum atomic E-state index is 0. The predicted octanol–water partition coefficient (Wildman–Crippen LogP) is 2.54. The van der Waals surface area contributed by atoms with E-state index >= 15 is 0 Å². The highest BCUT2D eigenvalue weighted by Crippen LogP contribution is 2.34. The number of nitrogens with two attached hydrogens (primary N) is 1. The van der Waals surface area contributed by atoms with Gasteiger partial charge in [-0.2, -0.15) is 0 Å². The highest BCUT2D eigenvalue weighted by molar-refractivity contribution is 5.85. The summed E-state index contributed by atoms with van der Waals surface area (Å²) in [5.74, 6) is 1.47. The Hall–Kier alpha value is -0.930. The Kier molecular flexibility index (Phi) is 6.13. The molecule has 0 bridgehead atoms. The molecule has 0 aliphatic rings. The van der Waals surface area contributed by atoms with Crippen molar-refractivity contribution in [1.29, 1.82) is 0 Å². The fourth-order valence-electron chi connectivity index (χ4n) is 1.42. The van der Waals surface area contributed by atoms with Crippen molar-refractivity contribution in [2.75, 3.05) is 14.2 Å². The van der Waals surface area contributed by atoms with Gasteiger partial charge in [-0.15, -0.1) is 12.4 Å². The molecule has 1 aromatic rings. The second kappa shape index (κ2) is 6.53. The van der Waals surface area contributed by atoms with E-state index in [0.717, 1.165) is 23.5 Å². The summed E-state index contributed by atoms with van der Waals surface area (Å²) in [6.07, 6.45) is 0.878. The smallest absolute Gasteiger partial charge is 0.165 e. The molecule has 0 saturated carbocycles. The summed E-state index contributed by atoms with van der Waals surface area (Å²) in [5, 5.41) is 0. The van der Waals surface area contributed by atoms with Gasteiger partial charge in [0.1, 0.15) is 0 Å². The molecule has 15 heavy (non-hydrogen) atoms. The fraction of sp³-hybridized carbons (Fsp3) is 0.455. The number of halogens is 1. The number of hydrogen-bond donors (Lipinski definition) is 1. The monoisotopic (exact) mass is 231 g/mol. The third-order valence-corrected chi connectivity index (χ3v) is 2.27. The summed E-state index contributed by atoms with van der Waals surface area (Å²) in [6, 6.07) is 5.76. The third-order valence-electron chi connectivity index (χ3n) is 2.27. The van der Waals surface area contributed by atoms with Crippen LogP contribution in [0.3, 0.4) is 0 Å². The quantitative estimate of drug-likeness (QED) is 0.866. The van der Waals surface area contributed by atoms with Gasteiger partial charge in [0.25, 0.3) is 0 Å². The van der Waals surface area contributed by atoms with E-state index in [4.69, 9.17) is 15.2 Å². The van der Waals surface area contributed by atoms with Crippen LogP contribution in [-0.4, -0.2) is 14.2 Å². The van der Waals surface area contributed by atoms with Crippen LogP contribution in [0.15, 0.2) is 18.2 Å². The summed E-state index contributed by atoms with van der Waals surface area (Å²) in [7, 11) is 3.25. The summed E-state index contributed by atoms with van der Waals surface area (Å²) < 4.78 is 10.5. The maximum atomic E-state index is 5.96. The maximum Gasteiger partial charge on any atom is 0.165 e. The van der Waals surface area contributed by atoms with Crippen LogP contribution < -0.4 is 15.2 Å². The Balaban J connectivity index is 0.00000196. The van der Waals surface area contributed by atoms with E-state index in [0.29, 0.717) is 0 Å². The average molecular weight is 232 g/mol. The van der Waals surface area contributed by atoms with Gasteiger partial charge in [-0.25, -0.2) is 0 Å². The molecule has 0 spiro atoms. The summed E-state index contributed by atoms with van der Waals surface area (Å²) in [4.78, 5) is 0. The lowest BCUT2D eigenvalue weighted by molar-refractivity contribution is 0.349. The van der Waals surface area contributed by atoms with Gasteiger partial charge in [0.15, 0.2) is 11.5 Å². The molecular weight excluding hydrogens is 214 g/mol. The minimum Gasteiger partial charge on any atom is -0.493 e. The highest BCUT2D eigenvalue weighted by atomic mass is 35.5. The molecule has 0 aromatic heterocycles. The van der Waals surface area contributed by atoms with Crippen LogP contribution >= 0.6 is 12.4 Å². The molecule has 0 fully saturated rings. The zero-order valence-corrected chi connectivity index (χ0v) is 10.1. The van der Waals surface area contributed by atoms with Gasteiger partial charge >= 0.3 is 0 Å². The number of rotatable bonds is 4. The van der Waals surface area contributed by atoms with Crippen molar-refractivity contribution in [3.05, 3.63) is 23.8 Å². The van der Waals surface area contributed by atoms with Crippen LogP contribution in [0.2, 0.25) is 0 Å². The Morgan fingerprint density at radius 1 is 1.27 bits per heavy atom. The van der Waals surface area contributed by atoms with Crippen LogP contribution in [-0.2, 0) is 0 Å². The lowest BCUT2D eigenvalue weighted by Crippen LogP contribution is -2.10. The van der Waals surface area contributed by atoms with Gasteiger partial charge in [-0.05, 0) is 12.5 Å². The zero-order chi connectivity index (χ0) is 10.6. The van der Waals surface area contributed by atoms with E-state index in [1.165, 1.54) is 0 Å². The molecule has 1 unspecified atom stereocenters. The van der Waals surface area contributed by atoms with Gasteiger partial charge in [0, 0.05) is 11.6 Å². The lowest BCUT2D eigenvalue weighted by atomic mass is 10.0. The van der Waals surface area contributed by atoms with E-state index in [1.807, 2.05) is 25.1 Å². The molecule has 1 atom stereocenters. The van der Waals surface area contributed by atoms with E-state index in [9.17, 15) is 0 Å². The molecule has 4 heteroatoms. The van der Waals surface area contributed by atoms with Crippen LogP contribution in [0.4, 0.5) is 0 Å². The molecule has 2 N–H and O–H groups in total. The van der Waals surface area contributed by atoms with Gasteiger partial charge in [-0.3, -0.25) is 0 Å². The molecule has 0 amide bonds. The predicted molar refractivity (Wildman–Crippen MR) is 64.0 cm³/mol. The number of ether oxygens (including phenoxy) is 2. The first kappa shape index (κ1) is 14.1. The SMILES string of the molecule is CCC(N)c1cccc(OC)c1OC.Cl. The van der Waals surface area contributed by atoms with E-state index in [2.05, 4.69) is 0 Å². The van der Waals surface area contributed by atoms with Crippen LogP contribution in [0.5, 0.6) is 11.5 Å². The van der Waals surface area contributed by atoms with E-state index in [-0.39, 0.29) is 18.4 Å². The Labute approximate surface area is 97.0 Å². The number of methoxy groups -OCH3 is 2. The maximum absolute atomic E-state index is 5.96. The van der Waals surface area contributed by atoms with Crippen molar-refractivity contribution in [3.8, 4) is 11.5 Å². The van der Waals surface area contributed by atoms with Crippen molar-refractivity contribution < 1.29 is 9.47 Å². The van der Waals surface area contributed by atoms with Crippen molar-refractivity contribution in [2.24, 2.45) is 5.73 Å². The second-order valence-corrected chi connectivity index (χ2v) is 3.10. The first-order chi connectivity index (χ1) is 6.74. The highest BCUT2D eigenvalue weighted by Gasteiger charge is 2.13. The molecule has 3 nitrogen and oxygen atoms in total. The number of para-hydroxylation sites is 1. The first-order valence-electron chi connectivity index (χ1n) is 4.71. The fourth-order valence-corrected chi connectivity index (χ4v) is 1.42. The molecule has 86 valence electrons. The molecule has 1 rings (SSSR count). The molecule has 0 aliphatic carbocycles. The van der Waals surface area contributed by atoms with Crippen molar-refractivity contribution >= 4 is 12.4 Å². The minimum absolute atomic E-state index is 0. The van der Waals surface area contributed by atoms with Crippen molar-refractivity contribution in [3.63, 3.8) is 0 Å². The zero-order valence-electron chi connectivity index (χ0n) is 9.32. The van der Waals surface area contributed by atoms with E-state index in [1.54, 1.807) is 14.2 Å². The number of benzene rings is 1. The molecule has 0 heterocycles. The molecule has 1 aromatic carbocycles. The molecule has 0 aliphatic heterocycles. The Bertz CT molecular complexity index is 305. The van der Waals surface area contributed by atoms with Gasteiger partial charge in [-0.1, -0.05) is 19.1 Å². The largest absolute Gasteiger partial charge is 0.493 e. The molecule has 0 saturated heterocycles. The summed E-state index contributed by atoms with van der Waals surface area (Å²) in [6.45, 7) is 2.05. The topological polar surface area (TPSA) is 44.5 Å². The third kappa shape index (κ3) is 3.01. The molecular formula is C11H18ClNO2. The average Bonchev–Trinajstić information content (AvgIpc) is 2.26. The van der Waals surface area contributed by atoms with Crippen molar-refractivity contribution in [1.82, 2.24) is 0 Å². The number of hydrogen-bond acceptors (Lipinski definition) is 3. The van der Waals surface area contributed by atoms with Gasteiger partial charge < -0.3 is 15.2 Å². The lowest BCUT2D eigenvalue weighted by Gasteiger charge is -2.16. The normalized spacial score (nSPS) is 11.5.